The Morgan fingerprint density at radius 3 is 2.50 bits per heavy atom. The molecule has 138 valence electrons. The first-order valence-electron chi connectivity index (χ1n) is 8.88. The largest absolute Gasteiger partial charge is 0.467 e. The Kier molecular flexibility index (Phi) is 5.67. The van der Waals surface area contributed by atoms with Crippen LogP contribution >= 0.6 is 11.6 Å². The Balaban J connectivity index is 1.66. The van der Waals surface area contributed by atoms with Gasteiger partial charge in [0.25, 0.3) is 0 Å². The van der Waals surface area contributed by atoms with Gasteiger partial charge in [-0.15, -0.1) is 0 Å². The van der Waals surface area contributed by atoms with Gasteiger partial charge in [0, 0.05) is 5.02 Å². The van der Waals surface area contributed by atoms with Gasteiger partial charge in [-0.3, -0.25) is 9.59 Å². The predicted molar refractivity (Wildman–Crippen MR) is 99.8 cm³/mol. The van der Waals surface area contributed by atoms with Gasteiger partial charge in [-0.1, -0.05) is 36.6 Å². The van der Waals surface area contributed by atoms with Crippen molar-refractivity contribution < 1.29 is 14.0 Å². The van der Waals surface area contributed by atoms with E-state index in [9.17, 15) is 9.59 Å². The zero-order valence-corrected chi connectivity index (χ0v) is 15.5. The molecule has 1 fully saturated rings. The van der Waals surface area contributed by atoms with Crippen LogP contribution in [0.5, 0.6) is 0 Å². The third-order valence-electron chi connectivity index (χ3n) is 5.05. The number of benzene rings is 1. The summed E-state index contributed by atoms with van der Waals surface area (Å²) in [5.41, 5.74) is 0.375. The minimum absolute atomic E-state index is 0.0991. The monoisotopic (exact) mass is 374 g/mol. The first-order chi connectivity index (χ1) is 12.5. The number of carbonyl (C=O) groups excluding carboxylic acids is 2. The molecule has 0 aliphatic heterocycles. The smallest absolute Gasteiger partial charge is 0.242 e. The van der Waals surface area contributed by atoms with Gasteiger partial charge in [-0.05, 0) is 49.6 Å². The lowest BCUT2D eigenvalue weighted by Crippen LogP contribution is -2.51. The number of nitrogens with one attached hydrogen (secondary N) is 2. The molecule has 0 spiro atoms. The second kappa shape index (κ2) is 7.96. The van der Waals surface area contributed by atoms with E-state index in [1.165, 1.54) is 0 Å². The number of amides is 2. The van der Waals surface area contributed by atoms with Gasteiger partial charge < -0.3 is 15.1 Å². The van der Waals surface area contributed by atoms with Crippen molar-refractivity contribution in [2.45, 2.75) is 50.6 Å². The molecule has 26 heavy (non-hydrogen) atoms. The van der Waals surface area contributed by atoms with Crippen LogP contribution in [0.3, 0.4) is 0 Å². The molecular formula is C20H23ClN2O3. The number of halogens is 1. The van der Waals surface area contributed by atoms with E-state index in [1.807, 2.05) is 24.3 Å². The Morgan fingerprint density at radius 1 is 1.19 bits per heavy atom. The average molecular weight is 375 g/mol. The summed E-state index contributed by atoms with van der Waals surface area (Å²) in [6.45, 7) is 1.99. The number of carbonyl (C=O) groups is 2. The van der Waals surface area contributed by atoms with E-state index in [2.05, 4.69) is 10.6 Å². The van der Waals surface area contributed by atoms with E-state index in [0.717, 1.165) is 31.2 Å². The molecule has 1 aromatic heterocycles. The highest BCUT2D eigenvalue weighted by atomic mass is 35.5. The number of hydrogen-bond acceptors (Lipinski definition) is 3. The fourth-order valence-electron chi connectivity index (χ4n) is 3.54. The van der Waals surface area contributed by atoms with Gasteiger partial charge in [0.15, 0.2) is 0 Å². The van der Waals surface area contributed by atoms with E-state index in [4.69, 9.17) is 16.0 Å². The molecule has 3 rings (SSSR count). The van der Waals surface area contributed by atoms with Crippen LogP contribution < -0.4 is 10.6 Å². The van der Waals surface area contributed by atoms with Crippen LogP contribution in [0.1, 0.15) is 43.9 Å². The van der Waals surface area contributed by atoms with E-state index >= 15 is 0 Å². The molecule has 1 heterocycles. The molecule has 5 nitrogen and oxygen atoms in total. The van der Waals surface area contributed by atoms with Crippen molar-refractivity contribution >= 4 is 23.4 Å². The molecule has 0 saturated heterocycles. The Bertz CT molecular complexity index is 750. The van der Waals surface area contributed by atoms with Crippen LogP contribution in [0.4, 0.5) is 0 Å². The molecule has 1 aliphatic rings. The maximum atomic E-state index is 13.1. The zero-order valence-electron chi connectivity index (χ0n) is 14.8. The standard InChI is InChI=1S/C20H23ClN2O3/c1-14(18(24)22-13-17-5-4-12-26-17)23-19(25)20(10-2-3-11-20)15-6-8-16(21)9-7-15/h4-9,12,14H,2-3,10-11,13H2,1H3,(H,22,24)(H,23,25). The van der Waals surface area contributed by atoms with Gasteiger partial charge in [-0.25, -0.2) is 0 Å². The van der Waals surface area contributed by atoms with Gasteiger partial charge in [0.2, 0.25) is 11.8 Å². The number of furan rings is 1. The molecule has 2 amide bonds. The fraction of sp³-hybridized carbons (Fsp3) is 0.400. The first-order valence-corrected chi connectivity index (χ1v) is 9.26. The highest BCUT2D eigenvalue weighted by Gasteiger charge is 2.43. The van der Waals surface area contributed by atoms with Crippen molar-refractivity contribution in [1.29, 1.82) is 0 Å². The van der Waals surface area contributed by atoms with Crippen molar-refractivity contribution in [3.05, 3.63) is 59.0 Å². The van der Waals surface area contributed by atoms with Gasteiger partial charge in [0.1, 0.15) is 11.8 Å². The van der Waals surface area contributed by atoms with Crippen LogP contribution in [0.25, 0.3) is 0 Å². The molecule has 0 radical (unpaired) electrons. The van der Waals surface area contributed by atoms with Crippen LogP contribution in [-0.2, 0) is 21.5 Å². The molecule has 1 unspecified atom stereocenters. The molecule has 1 saturated carbocycles. The zero-order chi connectivity index (χ0) is 18.6. The van der Waals surface area contributed by atoms with Crippen molar-refractivity contribution in [2.75, 3.05) is 0 Å². The van der Waals surface area contributed by atoms with Crippen LogP contribution in [0.2, 0.25) is 5.02 Å². The minimum atomic E-state index is -0.623. The summed E-state index contributed by atoms with van der Waals surface area (Å²) in [7, 11) is 0. The Hall–Kier alpha value is -2.27. The van der Waals surface area contributed by atoms with Crippen molar-refractivity contribution in [3.8, 4) is 0 Å². The van der Waals surface area contributed by atoms with E-state index in [0.29, 0.717) is 17.3 Å². The molecule has 0 bridgehead atoms. The maximum Gasteiger partial charge on any atom is 0.242 e. The highest BCUT2D eigenvalue weighted by Crippen LogP contribution is 2.41. The van der Waals surface area contributed by atoms with Crippen LogP contribution in [-0.4, -0.2) is 17.9 Å². The maximum absolute atomic E-state index is 13.1. The molecular weight excluding hydrogens is 352 g/mol. The summed E-state index contributed by atoms with van der Waals surface area (Å²) in [5.74, 6) is 0.335. The SMILES string of the molecule is CC(NC(=O)C1(c2ccc(Cl)cc2)CCCC1)C(=O)NCc1ccco1. The molecule has 1 aromatic carbocycles. The van der Waals surface area contributed by atoms with E-state index in [1.54, 1.807) is 25.3 Å². The summed E-state index contributed by atoms with van der Waals surface area (Å²) in [5, 5.41) is 6.31. The third kappa shape index (κ3) is 3.93. The Labute approximate surface area is 158 Å². The van der Waals surface area contributed by atoms with E-state index < -0.39 is 11.5 Å². The second-order valence-corrected chi connectivity index (χ2v) is 7.22. The van der Waals surface area contributed by atoms with Crippen molar-refractivity contribution in [1.82, 2.24) is 10.6 Å². The van der Waals surface area contributed by atoms with E-state index in [-0.39, 0.29) is 11.8 Å². The molecule has 1 atom stereocenters. The highest BCUT2D eigenvalue weighted by molar-refractivity contribution is 6.30. The van der Waals surface area contributed by atoms with Gasteiger partial charge in [0.05, 0.1) is 18.2 Å². The fourth-order valence-corrected chi connectivity index (χ4v) is 3.66. The summed E-state index contributed by atoms with van der Waals surface area (Å²) < 4.78 is 5.20. The number of rotatable bonds is 6. The third-order valence-corrected chi connectivity index (χ3v) is 5.30. The lowest BCUT2D eigenvalue weighted by atomic mass is 9.78. The Morgan fingerprint density at radius 2 is 1.88 bits per heavy atom. The number of hydrogen-bond donors (Lipinski definition) is 2. The summed E-state index contributed by atoms with van der Waals surface area (Å²) in [4.78, 5) is 25.3. The molecule has 1 aliphatic carbocycles. The summed E-state index contributed by atoms with van der Waals surface area (Å²) in [6.07, 6.45) is 5.11. The quantitative estimate of drug-likeness (QED) is 0.812. The van der Waals surface area contributed by atoms with Crippen molar-refractivity contribution in [2.24, 2.45) is 0 Å². The van der Waals surface area contributed by atoms with Crippen LogP contribution in [0, 0.1) is 0 Å². The predicted octanol–water partition coefficient (Wildman–Crippen LogP) is 3.57. The topological polar surface area (TPSA) is 71.3 Å². The normalized spacial score (nSPS) is 16.8. The average Bonchev–Trinajstić information content (AvgIpc) is 3.32. The molecule has 2 N–H and O–H groups in total. The summed E-state index contributed by atoms with van der Waals surface area (Å²) in [6, 6.07) is 10.4. The molecule has 2 aromatic rings. The summed E-state index contributed by atoms with van der Waals surface area (Å²) >= 11 is 5.99. The minimum Gasteiger partial charge on any atom is -0.467 e. The lowest BCUT2D eigenvalue weighted by Gasteiger charge is -2.30. The first kappa shape index (κ1) is 18.5. The van der Waals surface area contributed by atoms with Crippen molar-refractivity contribution in [3.63, 3.8) is 0 Å². The second-order valence-electron chi connectivity index (χ2n) is 6.79. The van der Waals surface area contributed by atoms with Gasteiger partial charge in [-0.2, -0.15) is 0 Å². The van der Waals surface area contributed by atoms with Crippen LogP contribution in [0.15, 0.2) is 47.1 Å². The molecule has 6 heteroatoms. The van der Waals surface area contributed by atoms with Gasteiger partial charge >= 0.3 is 0 Å². The lowest BCUT2D eigenvalue weighted by molar-refractivity contribution is -0.132.